The van der Waals surface area contributed by atoms with Gasteiger partial charge in [-0.2, -0.15) is 11.3 Å². The Labute approximate surface area is 153 Å². The van der Waals surface area contributed by atoms with E-state index in [9.17, 15) is 9.90 Å². The molecule has 0 saturated carbocycles. The van der Waals surface area contributed by atoms with Gasteiger partial charge in [0.1, 0.15) is 11.9 Å². The first-order valence-corrected chi connectivity index (χ1v) is 9.40. The van der Waals surface area contributed by atoms with Crippen LogP contribution in [0.1, 0.15) is 21.4 Å². The maximum atomic E-state index is 12.1. The summed E-state index contributed by atoms with van der Waals surface area (Å²) in [4.78, 5) is 13.9. The number of ether oxygens (including phenoxy) is 1. The number of urea groups is 1. The third-order valence-corrected chi connectivity index (χ3v) is 5.43. The predicted octanol–water partition coefficient (Wildman–Crippen LogP) is 4.22. The summed E-state index contributed by atoms with van der Waals surface area (Å²) < 4.78 is 5.21. The van der Waals surface area contributed by atoms with Crippen LogP contribution in [0.3, 0.4) is 0 Å². The predicted molar refractivity (Wildman–Crippen MR) is 102 cm³/mol. The fourth-order valence-electron chi connectivity index (χ4n) is 2.31. The highest BCUT2D eigenvalue weighted by Crippen LogP contribution is 2.29. The number of benzene rings is 1. The number of methoxy groups -OCH3 is 1. The Balaban J connectivity index is 1.56. The molecule has 3 N–H and O–H groups in total. The summed E-state index contributed by atoms with van der Waals surface area (Å²) in [5, 5.41) is 19.8. The number of thiophene rings is 2. The van der Waals surface area contributed by atoms with E-state index < -0.39 is 6.10 Å². The number of rotatable bonds is 6. The van der Waals surface area contributed by atoms with Crippen molar-refractivity contribution in [1.29, 1.82) is 0 Å². The molecule has 1 atom stereocenters. The average molecular weight is 374 g/mol. The van der Waals surface area contributed by atoms with Gasteiger partial charge in [0.15, 0.2) is 0 Å². The SMILES string of the molecule is COc1ccccc1NC(=O)NCc1ccc(C(O)c2ccsc2)s1. The Bertz CT molecular complexity index is 830. The van der Waals surface area contributed by atoms with Crippen LogP contribution in [-0.2, 0) is 6.54 Å². The minimum Gasteiger partial charge on any atom is -0.495 e. The third kappa shape index (κ3) is 4.39. The molecule has 2 aromatic heterocycles. The number of hydrogen-bond donors (Lipinski definition) is 3. The van der Waals surface area contributed by atoms with Crippen molar-refractivity contribution in [2.75, 3.05) is 12.4 Å². The number of hydrogen-bond acceptors (Lipinski definition) is 5. The first kappa shape index (κ1) is 17.5. The fraction of sp³-hybridized carbons (Fsp3) is 0.167. The summed E-state index contributed by atoms with van der Waals surface area (Å²) in [7, 11) is 1.56. The Hall–Kier alpha value is -2.35. The second-order valence-electron chi connectivity index (χ2n) is 5.27. The van der Waals surface area contributed by atoms with Crippen LogP contribution in [0, 0.1) is 0 Å². The van der Waals surface area contributed by atoms with E-state index in [1.165, 1.54) is 11.3 Å². The largest absolute Gasteiger partial charge is 0.495 e. The second kappa shape index (κ2) is 8.15. The molecule has 2 amide bonds. The standard InChI is InChI=1S/C18H18N2O3S2/c1-23-15-5-3-2-4-14(15)20-18(22)19-10-13-6-7-16(25-13)17(21)12-8-9-24-11-12/h2-9,11,17,21H,10H2,1H3,(H2,19,20,22). The molecule has 0 bridgehead atoms. The molecule has 3 rings (SSSR count). The molecule has 2 heterocycles. The first-order chi connectivity index (χ1) is 12.2. The maximum absolute atomic E-state index is 12.1. The van der Waals surface area contributed by atoms with Gasteiger partial charge in [-0.3, -0.25) is 0 Å². The lowest BCUT2D eigenvalue weighted by Crippen LogP contribution is -2.28. The number of amides is 2. The number of aliphatic hydroxyl groups is 1. The van der Waals surface area contributed by atoms with Crippen LogP contribution in [0.4, 0.5) is 10.5 Å². The smallest absolute Gasteiger partial charge is 0.319 e. The second-order valence-corrected chi connectivity index (χ2v) is 7.25. The normalized spacial score (nSPS) is 11.8. The summed E-state index contributed by atoms with van der Waals surface area (Å²) in [5.74, 6) is 0.606. The van der Waals surface area contributed by atoms with Crippen molar-refractivity contribution in [3.8, 4) is 5.75 Å². The Kier molecular flexibility index (Phi) is 5.70. The highest BCUT2D eigenvalue weighted by Gasteiger charge is 2.14. The van der Waals surface area contributed by atoms with Crippen molar-refractivity contribution < 1.29 is 14.6 Å². The molecule has 0 fully saturated rings. The van der Waals surface area contributed by atoms with Crippen LogP contribution in [0.15, 0.2) is 53.2 Å². The van der Waals surface area contributed by atoms with E-state index in [0.29, 0.717) is 18.0 Å². The van der Waals surface area contributed by atoms with Gasteiger partial charge in [0.05, 0.1) is 19.3 Å². The minimum absolute atomic E-state index is 0.308. The quantitative estimate of drug-likeness (QED) is 0.605. The first-order valence-electron chi connectivity index (χ1n) is 7.64. The van der Waals surface area contributed by atoms with Gasteiger partial charge in [-0.15, -0.1) is 11.3 Å². The number of carbonyl (C=O) groups excluding carboxylic acids is 1. The monoisotopic (exact) mass is 374 g/mol. The molecule has 1 unspecified atom stereocenters. The zero-order valence-electron chi connectivity index (χ0n) is 13.6. The Morgan fingerprint density at radius 3 is 2.84 bits per heavy atom. The maximum Gasteiger partial charge on any atom is 0.319 e. The van der Waals surface area contributed by atoms with Gasteiger partial charge < -0.3 is 20.5 Å². The molecule has 0 aliphatic heterocycles. The molecule has 1 aromatic carbocycles. The number of aliphatic hydroxyl groups excluding tert-OH is 1. The van der Waals surface area contributed by atoms with E-state index in [4.69, 9.17) is 4.74 Å². The molecular formula is C18H18N2O3S2. The molecule has 7 heteroatoms. The van der Waals surface area contributed by atoms with Crippen molar-refractivity contribution in [2.45, 2.75) is 12.6 Å². The highest BCUT2D eigenvalue weighted by atomic mass is 32.1. The summed E-state index contributed by atoms with van der Waals surface area (Å²) in [6.45, 7) is 0.391. The Morgan fingerprint density at radius 2 is 2.08 bits per heavy atom. The van der Waals surface area contributed by atoms with Crippen molar-refractivity contribution >= 4 is 34.4 Å². The zero-order chi connectivity index (χ0) is 17.6. The van der Waals surface area contributed by atoms with Crippen LogP contribution in [-0.4, -0.2) is 18.2 Å². The van der Waals surface area contributed by atoms with E-state index in [2.05, 4.69) is 10.6 Å². The summed E-state index contributed by atoms with van der Waals surface area (Å²) in [6.07, 6.45) is -0.618. The topological polar surface area (TPSA) is 70.6 Å². The lowest BCUT2D eigenvalue weighted by molar-refractivity contribution is 0.224. The van der Waals surface area contributed by atoms with Crippen LogP contribution in [0.25, 0.3) is 0 Å². The summed E-state index contributed by atoms with van der Waals surface area (Å²) in [5.41, 5.74) is 1.50. The zero-order valence-corrected chi connectivity index (χ0v) is 15.2. The molecule has 3 aromatic rings. The fourth-order valence-corrected chi connectivity index (χ4v) is 3.96. The number of para-hydroxylation sites is 2. The molecule has 0 radical (unpaired) electrons. The molecule has 0 spiro atoms. The number of nitrogens with one attached hydrogen (secondary N) is 2. The molecule has 130 valence electrons. The van der Waals surface area contributed by atoms with E-state index >= 15 is 0 Å². The van der Waals surface area contributed by atoms with Gasteiger partial charge in [-0.25, -0.2) is 4.79 Å². The van der Waals surface area contributed by atoms with Crippen molar-refractivity contribution in [1.82, 2.24) is 5.32 Å². The lowest BCUT2D eigenvalue weighted by atomic mass is 10.2. The third-order valence-electron chi connectivity index (χ3n) is 3.59. The van der Waals surface area contributed by atoms with Crippen LogP contribution in [0.5, 0.6) is 5.75 Å². The van der Waals surface area contributed by atoms with E-state index in [1.54, 1.807) is 30.6 Å². The molecule has 25 heavy (non-hydrogen) atoms. The van der Waals surface area contributed by atoms with Gasteiger partial charge in [-0.1, -0.05) is 12.1 Å². The van der Waals surface area contributed by atoms with Gasteiger partial charge in [-0.05, 0) is 46.7 Å². The number of carbonyl (C=O) groups is 1. The van der Waals surface area contributed by atoms with Crippen LogP contribution in [0.2, 0.25) is 0 Å². The Morgan fingerprint density at radius 1 is 1.24 bits per heavy atom. The average Bonchev–Trinajstić information content (AvgIpc) is 3.32. The number of anilines is 1. The molecule has 0 saturated heterocycles. The van der Waals surface area contributed by atoms with E-state index in [1.807, 2.05) is 41.1 Å². The molecule has 0 aliphatic rings. The van der Waals surface area contributed by atoms with Crippen molar-refractivity contribution in [3.63, 3.8) is 0 Å². The van der Waals surface area contributed by atoms with Crippen molar-refractivity contribution in [3.05, 3.63) is 68.5 Å². The van der Waals surface area contributed by atoms with Gasteiger partial charge >= 0.3 is 6.03 Å². The van der Waals surface area contributed by atoms with Gasteiger partial charge in [0, 0.05) is 9.75 Å². The summed E-state index contributed by atoms with van der Waals surface area (Å²) in [6, 6.07) is 12.6. The van der Waals surface area contributed by atoms with Gasteiger partial charge in [0.25, 0.3) is 0 Å². The van der Waals surface area contributed by atoms with Crippen LogP contribution < -0.4 is 15.4 Å². The molecular weight excluding hydrogens is 356 g/mol. The van der Waals surface area contributed by atoms with E-state index in [0.717, 1.165) is 15.3 Å². The molecule has 0 aliphatic carbocycles. The van der Waals surface area contributed by atoms with Crippen molar-refractivity contribution in [2.24, 2.45) is 0 Å². The van der Waals surface area contributed by atoms with Crippen LogP contribution >= 0.6 is 22.7 Å². The van der Waals surface area contributed by atoms with Gasteiger partial charge in [0.2, 0.25) is 0 Å². The molecule has 5 nitrogen and oxygen atoms in total. The van der Waals surface area contributed by atoms with E-state index in [-0.39, 0.29) is 6.03 Å². The lowest BCUT2D eigenvalue weighted by Gasteiger charge is -2.10. The summed E-state index contributed by atoms with van der Waals surface area (Å²) >= 11 is 3.04. The highest BCUT2D eigenvalue weighted by molar-refractivity contribution is 7.12. The minimum atomic E-state index is -0.618.